The maximum absolute atomic E-state index is 12.8. The van der Waals surface area contributed by atoms with Crippen LogP contribution in [0.25, 0.3) is 10.8 Å². The van der Waals surface area contributed by atoms with Crippen molar-refractivity contribution in [1.82, 2.24) is 4.90 Å². The van der Waals surface area contributed by atoms with Gasteiger partial charge in [0, 0.05) is 31.0 Å². The zero-order chi connectivity index (χ0) is 20.2. The molecule has 29 heavy (non-hydrogen) atoms. The first-order valence-corrected chi connectivity index (χ1v) is 10.1. The molecule has 4 nitrogen and oxygen atoms in total. The van der Waals surface area contributed by atoms with Crippen LogP contribution in [0.3, 0.4) is 0 Å². The van der Waals surface area contributed by atoms with E-state index in [4.69, 9.17) is 4.74 Å². The van der Waals surface area contributed by atoms with E-state index in [2.05, 4.69) is 0 Å². The molecule has 0 spiro atoms. The lowest BCUT2D eigenvalue weighted by molar-refractivity contribution is -0.132. The summed E-state index contributed by atoms with van der Waals surface area (Å²) in [7, 11) is 1.64. The van der Waals surface area contributed by atoms with Gasteiger partial charge >= 0.3 is 0 Å². The minimum absolute atomic E-state index is 0.0179. The number of carbonyl (C=O) groups excluding carboxylic acids is 2. The van der Waals surface area contributed by atoms with Gasteiger partial charge in [-0.3, -0.25) is 9.59 Å². The number of ketones is 1. The van der Waals surface area contributed by atoms with Gasteiger partial charge in [-0.25, -0.2) is 0 Å². The summed E-state index contributed by atoms with van der Waals surface area (Å²) in [6, 6.07) is 21.8. The number of hydrogen-bond donors (Lipinski definition) is 0. The van der Waals surface area contributed by atoms with Crippen LogP contribution in [-0.4, -0.2) is 29.7 Å². The van der Waals surface area contributed by atoms with E-state index in [9.17, 15) is 9.59 Å². The molecule has 1 aliphatic rings. The Bertz CT molecular complexity index is 1020. The molecular formula is C25H25NO3. The predicted octanol–water partition coefficient (Wildman–Crippen LogP) is 5.00. The standard InChI is InChI=1S/C25H25NO3/c1-29-23-12-6-18(7-13-23)17-26(22-10-11-22)25(28)15-14-24(27)21-9-8-19-4-2-3-5-20(19)16-21/h2-9,12-13,16,22H,10-11,14-15,17H2,1H3. The van der Waals surface area contributed by atoms with Crippen LogP contribution >= 0.6 is 0 Å². The summed E-state index contributed by atoms with van der Waals surface area (Å²) in [5.74, 6) is 0.876. The maximum Gasteiger partial charge on any atom is 0.223 e. The fourth-order valence-corrected chi connectivity index (χ4v) is 3.61. The molecule has 0 aliphatic heterocycles. The number of carbonyl (C=O) groups is 2. The number of benzene rings is 3. The number of amides is 1. The van der Waals surface area contributed by atoms with Crippen LogP contribution in [0.4, 0.5) is 0 Å². The van der Waals surface area contributed by atoms with Crippen LogP contribution in [0.5, 0.6) is 5.75 Å². The van der Waals surface area contributed by atoms with Gasteiger partial charge in [0.1, 0.15) is 5.75 Å². The summed E-state index contributed by atoms with van der Waals surface area (Å²) in [5, 5.41) is 2.16. The minimum Gasteiger partial charge on any atom is -0.497 e. The molecular weight excluding hydrogens is 362 g/mol. The van der Waals surface area contributed by atoms with E-state index in [-0.39, 0.29) is 24.5 Å². The molecule has 0 unspecified atom stereocenters. The fraction of sp³-hybridized carbons (Fsp3) is 0.280. The van der Waals surface area contributed by atoms with E-state index in [1.54, 1.807) is 7.11 Å². The second kappa shape index (κ2) is 8.48. The largest absolute Gasteiger partial charge is 0.497 e. The minimum atomic E-state index is 0.0179. The van der Waals surface area contributed by atoms with Crippen LogP contribution in [-0.2, 0) is 11.3 Å². The van der Waals surface area contributed by atoms with Crippen molar-refractivity contribution in [3.8, 4) is 5.75 Å². The average Bonchev–Trinajstić information content (AvgIpc) is 3.61. The van der Waals surface area contributed by atoms with Crippen molar-refractivity contribution in [1.29, 1.82) is 0 Å². The first-order chi connectivity index (χ1) is 14.1. The zero-order valence-corrected chi connectivity index (χ0v) is 16.6. The van der Waals surface area contributed by atoms with Gasteiger partial charge < -0.3 is 9.64 Å². The molecule has 0 aromatic heterocycles. The van der Waals surface area contributed by atoms with Crippen molar-refractivity contribution in [3.63, 3.8) is 0 Å². The van der Waals surface area contributed by atoms with Gasteiger partial charge in [-0.15, -0.1) is 0 Å². The molecule has 1 aliphatic carbocycles. The Morgan fingerprint density at radius 3 is 2.34 bits per heavy atom. The van der Waals surface area contributed by atoms with E-state index in [0.717, 1.165) is 34.9 Å². The summed E-state index contributed by atoms with van der Waals surface area (Å²) in [6.07, 6.45) is 2.57. The third-order valence-corrected chi connectivity index (χ3v) is 5.46. The Morgan fingerprint density at radius 1 is 0.931 bits per heavy atom. The topological polar surface area (TPSA) is 46.6 Å². The highest BCUT2D eigenvalue weighted by Gasteiger charge is 2.32. The lowest BCUT2D eigenvalue weighted by atomic mass is 10.0. The summed E-state index contributed by atoms with van der Waals surface area (Å²) in [6.45, 7) is 0.581. The fourth-order valence-electron chi connectivity index (χ4n) is 3.61. The lowest BCUT2D eigenvalue weighted by Crippen LogP contribution is -2.32. The molecule has 1 amide bonds. The van der Waals surface area contributed by atoms with Crippen LogP contribution in [0, 0.1) is 0 Å². The molecule has 0 bridgehead atoms. The van der Waals surface area contributed by atoms with Crippen molar-refractivity contribution in [2.24, 2.45) is 0 Å². The second-order valence-corrected chi connectivity index (χ2v) is 7.59. The summed E-state index contributed by atoms with van der Waals surface area (Å²) in [5.41, 5.74) is 1.75. The van der Waals surface area contributed by atoms with Crippen LogP contribution < -0.4 is 4.74 Å². The molecule has 0 heterocycles. The van der Waals surface area contributed by atoms with Crippen LogP contribution in [0.1, 0.15) is 41.6 Å². The summed E-state index contributed by atoms with van der Waals surface area (Å²) in [4.78, 5) is 27.4. The highest BCUT2D eigenvalue weighted by molar-refractivity contribution is 6.01. The Labute approximate surface area is 171 Å². The van der Waals surface area contributed by atoms with Crippen molar-refractivity contribution in [2.45, 2.75) is 38.3 Å². The van der Waals surface area contributed by atoms with Crippen LogP contribution in [0.15, 0.2) is 66.7 Å². The molecule has 0 N–H and O–H groups in total. The van der Waals surface area contributed by atoms with Gasteiger partial charge in [0.05, 0.1) is 7.11 Å². The van der Waals surface area contributed by atoms with Gasteiger partial charge in [-0.2, -0.15) is 0 Å². The maximum atomic E-state index is 12.8. The number of Topliss-reactive ketones (excluding diaryl/α,β-unsaturated/α-hetero) is 1. The van der Waals surface area contributed by atoms with Gasteiger partial charge in [0.2, 0.25) is 5.91 Å². The van der Waals surface area contributed by atoms with Gasteiger partial charge in [0.15, 0.2) is 5.78 Å². The van der Waals surface area contributed by atoms with Gasteiger partial charge in [-0.1, -0.05) is 48.5 Å². The molecule has 0 saturated heterocycles. The molecule has 148 valence electrons. The lowest BCUT2D eigenvalue weighted by Gasteiger charge is -2.22. The Balaban J connectivity index is 1.38. The SMILES string of the molecule is COc1ccc(CN(C(=O)CCC(=O)c2ccc3ccccc3c2)C2CC2)cc1. The zero-order valence-electron chi connectivity index (χ0n) is 16.6. The second-order valence-electron chi connectivity index (χ2n) is 7.59. The van der Waals surface area contributed by atoms with E-state index < -0.39 is 0 Å². The number of nitrogens with zero attached hydrogens (tertiary/aromatic N) is 1. The highest BCUT2D eigenvalue weighted by atomic mass is 16.5. The van der Waals surface area contributed by atoms with Crippen molar-refractivity contribution < 1.29 is 14.3 Å². The molecule has 1 fully saturated rings. The quantitative estimate of drug-likeness (QED) is 0.511. The Morgan fingerprint density at radius 2 is 1.66 bits per heavy atom. The van der Waals surface area contributed by atoms with Crippen molar-refractivity contribution >= 4 is 22.5 Å². The number of rotatable bonds is 8. The van der Waals surface area contributed by atoms with Crippen molar-refractivity contribution in [2.75, 3.05) is 7.11 Å². The van der Waals surface area contributed by atoms with Crippen LogP contribution in [0.2, 0.25) is 0 Å². The molecule has 0 radical (unpaired) electrons. The summed E-state index contributed by atoms with van der Waals surface area (Å²) >= 11 is 0. The molecule has 0 atom stereocenters. The smallest absolute Gasteiger partial charge is 0.223 e. The van der Waals surface area contributed by atoms with Crippen molar-refractivity contribution in [3.05, 3.63) is 77.9 Å². The van der Waals surface area contributed by atoms with Gasteiger partial charge in [0.25, 0.3) is 0 Å². The summed E-state index contributed by atoms with van der Waals surface area (Å²) < 4.78 is 5.20. The molecule has 1 saturated carbocycles. The number of ether oxygens (including phenoxy) is 1. The normalized spacial score (nSPS) is 13.3. The van der Waals surface area contributed by atoms with Gasteiger partial charge in [-0.05, 0) is 47.4 Å². The monoisotopic (exact) mass is 387 g/mol. The third kappa shape index (κ3) is 4.65. The molecule has 3 aromatic carbocycles. The Hall–Kier alpha value is -3.14. The van der Waals surface area contributed by atoms with E-state index in [1.165, 1.54) is 0 Å². The number of methoxy groups -OCH3 is 1. The Kier molecular flexibility index (Phi) is 5.61. The predicted molar refractivity (Wildman–Crippen MR) is 114 cm³/mol. The van der Waals surface area contributed by atoms with E-state index >= 15 is 0 Å². The molecule has 4 rings (SSSR count). The van der Waals surface area contributed by atoms with E-state index in [0.29, 0.717) is 18.2 Å². The number of fused-ring (bicyclic) bond motifs is 1. The highest BCUT2D eigenvalue weighted by Crippen LogP contribution is 2.29. The number of hydrogen-bond acceptors (Lipinski definition) is 3. The third-order valence-electron chi connectivity index (χ3n) is 5.46. The molecule has 4 heteroatoms. The van der Waals surface area contributed by atoms with E-state index in [1.807, 2.05) is 71.6 Å². The first kappa shape index (κ1) is 19.2. The molecule has 3 aromatic rings. The average molecular weight is 387 g/mol. The first-order valence-electron chi connectivity index (χ1n) is 10.1.